The number of ether oxygens (including phenoxy) is 1. The summed E-state index contributed by atoms with van der Waals surface area (Å²) >= 11 is 5.78. The van der Waals surface area contributed by atoms with E-state index in [9.17, 15) is 0 Å². The van der Waals surface area contributed by atoms with Crippen LogP contribution < -0.4 is 0 Å². The van der Waals surface area contributed by atoms with E-state index in [0.717, 1.165) is 26.2 Å². The number of rotatable bonds is 3. The minimum Gasteiger partial charge on any atom is -0.381 e. The van der Waals surface area contributed by atoms with E-state index in [-0.39, 0.29) is 0 Å². The van der Waals surface area contributed by atoms with Crippen LogP contribution in [0, 0.1) is 5.92 Å². The summed E-state index contributed by atoms with van der Waals surface area (Å²) in [6.07, 6.45) is 3.93. The average Bonchev–Trinajstić information content (AvgIpc) is 2.72. The Labute approximate surface area is 81.9 Å². The molecule has 1 atom stereocenters. The van der Waals surface area contributed by atoms with Gasteiger partial charge >= 0.3 is 0 Å². The second-order valence-corrected chi connectivity index (χ2v) is 3.65. The molecule has 0 aromatic carbocycles. The number of aryl methyl sites for hydroxylation is 1. The van der Waals surface area contributed by atoms with Crippen molar-refractivity contribution in [3.63, 3.8) is 0 Å². The van der Waals surface area contributed by atoms with Crippen LogP contribution in [0.5, 0.6) is 0 Å². The zero-order valence-electron chi connectivity index (χ0n) is 7.32. The molecule has 0 spiro atoms. The van der Waals surface area contributed by atoms with Crippen molar-refractivity contribution >= 4 is 11.6 Å². The van der Waals surface area contributed by atoms with Crippen LogP contribution in [0.15, 0.2) is 6.33 Å². The maximum Gasteiger partial charge on any atom is 0.224 e. The van der Waals surface area contributed by atoms with Crippen LogP contribution in [0.2, 0.25) is 5.28 Å². The minimum atomic E-state index is 0.471. The van der Waals surface area contributed by atoms with Crippen LogP contribution in [0.25, 0.3) is 0 Å². The van der Waals surface area contributed by atoms with Gasteiger partial charge in [0.25, 0.3) is 0 Å². The first-order valence-corrected chi connectivity index (χ1v) is 4.85. The molecule has 1 aromatic rings. The molecule has 0 radical (unpaired) electrons. The molecule has 1 unspecified atom stereocenters. The fraction of sp³-hybridized carbons (Fsp3) is 0.750. The molecular weight excluding hydrogens is 190 g/mol. The van der Waals surface area contributed by atoms with Crippen molar-refractivity contribution in [3.05, 3.63) is 11.6 Å². The van der Waals surface area contributed by atoms with Crippen molar-refractivity contribution in [2.75, 3.05) is 13.2 Å². The largest absolute Gasteiger partial charge is 0.381 e. The molecule has 0 amide bonds. The molecule has 0 bridgehead atoms. The maximum atomic E-state index is 5.78. The Bertz CT molecular complexity index is 270. The number of nitrogens with zero attached hydrogens (tertiary/aromatic N) is 3. The first kappa shape index (κ1) is 8.97. The second-order valence-electron chi connectivity index (χ2n) is 3.31. The Balaban J connectivity index is 1.82. The van der Waals surface area contributed by atoms with Crippen LogP contribution >= 0.6 is 11.6 Å². The zero-order chi connectivity index (χ0) is 9.10. The molecule has 2 rings (SSSR count). The van der Waals surface area contributed by atoms with Gasteiger partial charge in [0, 0.05) is 19.8 Å². The van der Waals surface area contributed by atoms with Crippen molar-refractivity contribution in [3.8, 4) is 0 Å². The van der Waals surface area contributed by atoms with Crippen molar-refractivity contribution in [2.24, 2.45) is 5.92 Å². The third-order valence-electron chi connectivity index (χ3n) is 2.37. The SMILES string of the molecule is Clc1nncn1CCC1CCOC1. The molecule has 0 N–H and O–H groups in total. The summed E-state index contributed by atoms with van der Waals surface area (Å²) in [6, 6.07) is 0. The van der Waals surface area contributed by atoms with Gasteiger partial charge in [-0.2, -0.15) is 0 Å². The fourth-order valence-electron chi connectivity index (χ4n) is 1.52. The molecule has 1 aliphatic rings. The highest BCUT2D eigenvalue weighted by molar-refractivity contribution is 6.28. The first-order chi connectivity index (χ1) is 6.36. The molecule has 4 nitrogen and oxygen atoms in total. The summed E-state index contributed by atoms with van der Waals surface area (Å²) in [7, 11) is 0. The van der Waals surface area contributed by atoms with Crippen LogP contribution in [-0.2, 0) is 11.3 Å². The Morgan fingerprint density at radius 3 is 3.23 bits per heavy atom. The Morgan fingerprint density at radius 2 is 2.62 bits per heavy atom. The summed E-state index contributed by atoms with van der Waals surface area (Å²) in [5, 5.41) is 7.90. The molecular formula is C8H12ClN3O. The predicted molar refractivity (Wildman–Crippen MR) is 48.6 cm³/mol. The molecule has 1 fully saturated rings. The van der Waals surface area contributed by atoms with E-state index in [1.165, 1.54) is 6.42 Å². The summed E-state index contributed by atoms with van der Waals surface area (Å²) in [4.78, 5) is 0. The van der Waals surface area contributed by atoms with Crippen molar-refractivity contribution in [2.45, 2.75) is 19.4 Å². The monoisotopic (exact) mass is 201 g/mol. The molecule has 1 aromatic heterocycles. The molecule has 0 saturated carbocycles. The summed E-state index contributed by atoms with van der Waals surface area (Å²) in [5.41, 5.74) is 0. The van der Waals surface area contributed by atoms with Gasteiger partial charge in [-0.05, 0) is 30.4 Å². The highest BCUT2D eigenvalue weighted by Crippen LogP contribution is 2.17. The van der Waals surface area contributed by atoms with E-state index in [0.29, 0.717) is 11.2 Å². The quantitative estimate of drug-likeness (QED) is 0.742. The van der Waals surface area contributed by atoms with E-state index >= 15 is 0 Å². The molecule has 2 heterocycles. The highest BCUT2D eigenvalue weighted by atomic mass is 35.5. The van der Waals surface area contributed by atoms with Gasteiger partial charge in [-0.15, -0.1) is 10.2 Å². The normalized spacial score (nSPS) is 22.4. The zero-order valence-corrected chi connectivity index (χ0v) is 8.07. The van der Waals surface area contributed by atoms with E-state index in [2.05, 4.69) is 10.2 Å². The van der Waals surface area contributed by atoms with Gasteiger partial charge in [0.1, 0.15) is 6.33 Å². The molecule has 1 saturated heterocycles. The summed E-state index contributed by atoms with van der Waals surface area (Å²) in [5.74, 6) is 0.679. The lowest BCUT2D eigenvalue weighted by Gasteiger charge is -2.07. The summed E-state index contributed by atoms with van der Waals surface area (Å²) in [6.45, 7) is 2.68. The van der Waals surface area contributed by atoms with E-state index < -0.39 is 0 Å². The lowest BCUT2D eigenvalue weighted by Crippen LogP contribution is -2.05. The van der Waals surface area contributed by atoms with Gasteiger partial charge in [0.15, 0.2) is 0 Å². The number of halogens is 1. The minimum absolute atomic E-state index is 0.471. The highest BCUT2D eigenvalue weighted by Gasteiger charge is 2.15. The average molecular weight is 202 g/mol. The van der Waals surface area contributed by atoms with Gasteiger partial charge in [-0.25, -0.2) is 0 Å². The van der Waals surface area contributed by atoms with Crippen LogP contribution in [-0.4, -0.2) is 28.0 Å². The second kappa shape index (κ2) is 4.07. The topological polar surface area (TPSA) is 39.9 Å². The van der Waals surface area contributed by atoms with Gasteiger partial charge < -0.3 is 9.30 Å². The van der Waals surface area contributed by atoms with Gasteiger partial charge in [-0.1, -0.05) is 0 Å². The Morgan fingerprint density at radius 1 is 1.69 bits per heavy atom. The molecule has 72 valence electrons. The van der Waals surface area contributed by atoms with Crippen molar-refractivity contribution in [1.29, 1.82) is 0 Å². The molecule has 13 heavy (non-hydrogen) atoms. The van der Waals surface area contributed by atoms with Gasteiger partial charge in [-0.3, -0.25) is 0 Å². The van der Waals surface area contributed by atoms with E-state index in [1.54, 1.807) is 6.33 Å². The van der Waals surface area contributed by atoms with Crippen LogP contribution in [0.1, 0.15) is 12.8 Å². The third-order valence-corrected chi connectivity index (χ3v) is 2.66. The Kier molecular flexibility index (Phi) is 2.80. The van der Waals surface area contributed by atoms with Gasteiger partial charge in [0.05, 0.1) is 0 Å². The molecule has 5 heteroatoms. The lowest BCUT2D eigenvalue weighted by atomic mass is 10.1. The first-order valence-electron chi connectivity index (χ1n) is 4.47. The van der Waals surface area contributed by atoms with Crippen molar-refractivity contribution < 1.29 is 4.74 Å². The maximum absolute atomic E-state index is 5.78. The number of aromatic nitrogens is 3. The smallest absolute Gasteiger partial charge is 0.224 e. The predicted octanol–water partition coefficient (Wildman–Crippen LogP) is 1.36. The van der Waals surface area contributed by atoms with Crippen LogP contribution in [0.3, 0.4) is 0 Å². The number of hydrogen-bond acceptors (Lipinski definition) is 3. The van der Waals surface area contributed by atoms with Crippen molar-refractivity contribution in [1.82, 2.24) is 14.8 Å². The fourth-order valence-corrected chi connectivity index (χ4v) is 1.70. The lowest BCUT2D eigenvalue weighted by molar-refractivity contribution is 0.183. The van der Waals surface area contributed by atoms with Crippen LogP contribution in [0.4, 0.5) is 0 Å². The third kappa shape index (κ3) is 2.19. The Hall–Kier alpha value is -0.610. The summed E-state index contributed by atoms with van der Waals surface area (Å²) < 4.78 is 7.14. The van der Waals surface area contributed by atoms with E-state index in [1.807, 2.05) is 4.57 Å². The van der Waals surface area contributed by atoms with E-state index in [4.69, 9.17) is 16.3 Å². The molecule has 0 aliphatic carbocycles. The standard InChI is InChI=1S/C8H12ClN3O/c9-8-11-10-6-12(8)3-1-7-2-4-13-5-7/h6-7H,1-5H2. The molecule has 1 aliphatic heterocycles. The van der Waals surface area contributed by atoms with Gasteiger partial charge in [0.2, 0.25) is 5.28 Å². The number of hydrogen-bond donors (Lipinski definition) is 0.